The van der Waals surface area contributed by atoms with Gasteiger partial charge in [0.05, 0.1) is 4.90 Å². The minimum atomic E-state index is -4.02. The van der Waals surface area contributed by atoms with Crippen molar-refractivity contribution in [3.8, 4) is 11.5 Å². The van der Waals surface area contributed by atoms with Gasteiger partial charge in [-0.15, -0.1) is 0 Å². The standard InChI is InChI=1S/C20H19N3O6S/c1-13-9-19(22-29-13)21-20(24)16(10-14-5-3-2-4-6-14)23-30(25,26)15-7-8-17-18(11-15)28-12-27-17/h2-9,11,16,23H,10,12H2,1H3,(H,21,22,24)/t16-/m0/s1. The Kier molecular flexibility index (Phi) is 5.42. The first-order valence-electron chi connectivity index (χ1n) is 9.11. The second-order valence-electron chi connectivity index (χ2n) is 6.69. The van der Waals surface area contributed by atoms with Crippen molar-refractivity contribution in [2.24, 2.45) is 0 Å². The van der Waals surface area contributed by atoms with E-state index in [0.29, 0.717) is 17.3 Å². The van der Waals surface area contributed by atoms with Crippen LogP contribution in [0.5, 0.6) is 11.5 Å². The molecule has 0 spiro atoms. The van der Waals surface area contributed by atoms with E-state index < -0.39 is 22.0 Å². The molecule has 3 aromatic rings. The van der Waals surface area contributed by atoms with Crippen LogP contribution in [0.2, 0.25) is 0 Å². The largest absolute Gasteiger partial charge is 0.454 e. The quantitative estimate of drug-likeness (QED) is 0.591. The van der Waals surface area contributed by atoms with Crippen molar-refractivity contribution in [2.75, 3.05) is 12.1 Å². The summed E-state index contributed by atoms with van der Waals surface area (Å²) < 4.78 is 43.8. The lowest BCUT2D eigenvalue weighted by Crippen LogP contribution is -2.45. The molecule has 30 heavy (non-hydrogen) atoms. The molecule has 4 rings (SSSR count). The lowest BCUT2D eigenvalue weighted by atomic mass is 10.1. The smallest absolute Gasteiger partial charge is 0.244 e. The third-order valence-corrected chi connectivity index (χ3v) is 5.90. The molecule has 0 saturated carbocycles. The lowest BCUT2D eigenvalue weighted by molar-refractivity contribution is -0.117. The Balaban J connectivity index is 1.58. The van der Waals surface area contributed by atoms with Gasteiger partial charge < -0.3 is 19.3 Å². The maximum atomic E-state index is 13.0. The fourth-order valence-corrected chi connectivity index (χ4v) is 4.19. The first kappa shape index (κ1) is 19.9. The lowest BCUT2D eigenvalue weighted by Gasteiger charge is -2.18. The van der Waals surface area contributed by atoms with E-state index in [-0.39, 0.29) is 23.9 Å². The molecule has 1 atom stereocenters. The minimum absolute atomic E-state index is 0.0302. The minimum Gasteiger partial charge on any atom is -0.454 e. The number of carbonyl (C=O) groups is 1. The summed E-state index contributed by atoms with van der Waals surface area (Å²) >= 11 is 0. The Morgan fingerprint density at radius 3 is 2.60 bits per heavy atom. The van der Waals surface area contributed by atoms with Gasteiger partial charge in [-0.25, -0.2) is 8.42 Å². The van der Waals surface area contributed by atoms with Crippen molar-refractivity contribution in [3.05, 3.63) is 65.9 Å². The molecule has 0 bridgehead atoms. The highest BCUT2D eigenvalue weighted by Gasteiger charge is 2.28. The van der Waals surface area contributed by atoms with Crippen molar-refractivity contribution < 1.29 is 27.2 Å². The van der Waals surface area contributed by atoms with Crippen LogP contribution < -0.4 is 19.5 Å². The first-order valence-corrected chi connectivity index (χ1v) is 10.6. The Morgan fingerprint density at radius 2 is 1.87 bits per heavy atom. The van der Waals surface area contributed by atoms with Gasteiger partial charge in [0.2, 0.25) is 22.7 Å². The van der Waals surface area contributed by atoms with Gasteiger partial charge >= 0.3 is 0 Å². The summed E-state index contributed by atoms with van der Waals surface area (Å²) in [6.07, 6.45) is 0.146. The molecule has 0 aliphatic carbocycles. The molecule has 10 heteroatoms. The number of hydrogen-bond acceptors (Lipinski definition) is 7. The van der Waals surface area contributed by atoms with Crippen LogP contribution in [0.15, 0.2) is 64.0 Å². The second-order valence-corrected chi connectivity index (χ2v) is 8.40. The third-order valence-electron chi connectivity index (χ3n) is 4.43. The highest BCUT2D eigenvalue weighted by atomic mass is 32.2. The van der Waals surface area contributed by atoms with E-state index in [9.17, 15) is 13.2 Å². The van der Waals surface area contributed by atoms with Crippen LogP contribution in [0.3, 0.4) is 0 Å². The van der Waals surface area contributed by atoms with E-state index in [4.69, 9.17) is 14.0 Å². The number of rotatable bonds is 7. The summed E-state index contributed by atoms with van der Waals surface area (Å²) in [6.45, 7) is 1.72. The number of carbonyl (C=O) groups excluding carboxylic acids is 1. The van der Waals surface area contributed by atoms with Crippen LogP contribution in [0.1, 0.15) is 11.3 Å². The predicted octanol–water partition coefficient (Wildman–Crippen LogP) is 2.24. The molecule has 0 saturated heterocycles. The molecule has 1 amide bonds. The van der Waals surface area contributed by atoms with E-state index in [2.05, 4.69) is 15.2 Å². The molecule has 9 nitrogen and oxygen atoms in total. The number of aromatic nitrogens is 1. The number of aryl methyl sites for hydroxylation is 1. The first-order chi connectivity index (χ1) is 14.4. The Hall–Kier alpha value is -3.37. The van der Waals surface area contributed by atoms with Crippen LogP contribution in [-0.2, 0) is 21.2 Å². The van der Waals surface area contributed by atoms with Crippen LogP contribution in [-0.4, -0.2) is 32.3 Å². The molecular formula is C20H19N3O6S. The van der Waals surface area contributed by atoms with Gasteiger partial charge in [0.25, 0.3) is 0 Å². The van der Waals surface area contributed by atoms with Crippen LogP contribution in [0.25, 0.3) is 0 Å². The van der Waals surface area contributed by atoms with Crippen molar-refractivity contribution >= 4 is 21.7 Å². The number of nitrogens with one attached hydrogen (secondary N) is 2. The summed E-state index contributed by atoms with van der Waals surface area (Å²) in [6, 6.07) is 13.8. The van der Waals surface area contributed by atoms with Crippen LogP contribution in [0, 0.1) is 6.92 Å². The highest BCUT2D eigenvalue weighted by Crippen LogP contribution is 2.33. The SMILES string of the molecule is Cc1cc(NC(=O)[C@H](Cc2ccccc2)NS(=O)(=O)c2ccc3c(c2)OCO3)no1. The van der Waals surface area contributed by atoms with Gasteiger partial charge in [0.1, 0.15) is 11.8 Å². The normalized spacial score (nSPS) is 13.8. The number of fused-ring (bicyclic) bond motifs is 1. The van der Waals surface area contributed by atoms with Crippen LogP contribution >= 0.6 is 0 Å². The molecule has 1 aliphatic heterocycles. The average Bonchev–Trinajstić information content (AvgIpc) is 3.36. The molecule has 2 aromatic carbocycles. The summed E-state index contributed by atoms with van der Waals surface area (Å²) in [5.74, 6) is 0.967. The molecule has 0 radical (unpaired) electrons. The van der Waals surface area contributed by atoms with Crippen molar-refractivity contribution in [1.29, 1.82) is 0 Å². The number of benzene rings is 2. The number of hydrogen-bond donors (Lipinski definition) is 2. The second kappa shape index (κ2) is 8.17. The monoisotopic (exact) mass is 429 g/mol. The summed E-state index contributed by atoms with van der Waals surface area (Å²) in [5.41, 5.74) is 0.794. The van der Waals surface area contributed by atoms with Gasteiger partial charge in [-0.2, -0.15) is 4.72 Å². The van der Waals surface area contributed by atoms with Gasteiger partial charge in [-0.1, -0.05) is 35.5 Å². The van der Waals surface area contributed by atoms with E-state index in [0.717, 1.165) is 5.56 Å². The van der Waals surface area contributed by atoms with E-state index in [1.165, 1.54) is 18.2 Å². The van der Waals surface area contributed by atoms with Crippen molar-refractivity contribution in [3.63, 3.8) is 0 Å². The summed E-state index contributed by atoms with van der Waals surface area (Å²) in [5, 5.41) is 6.31. The summed E-state index contributed by atoms with van der Waals surface area (Å²) in [4.78, 5) is 12.8. The Labute approximate surface area is 173 Å². The van der Waals surface area contributed by atoms with E-state index in [1.807, 2.05) is 30.3 Å². The summed E-state index contributed by atoms with van der Waals surface area (Å²) in [7, 11) is -4.02. The van der Waals surface area contributed by atoms with Crippen molar-refractivity contribution in [2.45, 2.75) is 24.3 Å². The number of anilines is 1. The van der Waals surface area contributed by atoms with Gasteiger partial charge in [-0.05, 0) is 31.0 Å². The molecule has 2 heterocycles. The molecule has 1 aliphatic rings. The van der Waals surface area contributed by atoms with Crippen LogP contribution in [0.4, 0.5) is 5.82 Å². The number of nitrogens with zero attached hydrogens (tertiary/aromatic N) is 1. The van der Waals surface area contributed by atoms with Gasteiger partial charge in [0, 0.05) is 12.1 Å². The maximum Gasteiger partial charge on any atom is 0.244 e. The zero-order chi connectivity index (χ0) is 21.1. The van der Waals surface area contributed by atoms with Crippen molar-refractivity contribution in [1.82, 2.24) is 9.88 Å². The highest BCUT2D eigenvalue weighted by molar-refractivity contribution is 7.89. The predicted molar refractivity (Wildman–Crippen MR) is 107 cm³/mol. The van der Waals surface area contributed by atoms with Gasteiger partial charge in [0.15, 0.2) is 17.3 Å². The topological polar surface area (TPSA) is 120 Å². The molecule has 0 unspecified atom stereocenters. The Bertz CT molecular complexity index is 1160. The molecule has 0 fully saturated rings. The maximum absolute atomic E-state index is 13.0. The number of ether oxygens (including phenoxy) is 2. The molecule has 1 aromatic heterocycles. The van der Waals surface area contributed by atoms with Gasteiger partial charge in [-0.3, -0.25) is 4.79 Å². The molecular weight excluding hydrogens is 410 g/mol. The number of amides is 1. The third kappa shape index (κ3) is 4.44. The zero-order valence-corrected chi connectivity index (χ0v) is 16.8. The fraction of sp³-hybridized carbons (Fsp3) is 0.200. The number of sulfonamides is 1. The average molecular weight is 429 g/mol. The zero-order valence-electron chi connectivity index (χ0n) is 16.0. The fourth-order valence-electron chi connectivity index (χ4n) is 2.98. The van der Waals surface area contributed by atoms with E-state index in [1.54, 1.807) is 13.0 Å². The molecule has 156 valence electrons. The van der Waals surface area contributed by atoms with E-state index >= 15 is 0 Å². The Morgan fingerprint density at radius 1 is 1.10 bits per heavy atom. The molecule has 2 N–H and O–H groups in total.